The third kappa shape index (κ3) is 3.14. The molecule has 1 aliphatic rings. The van der Waals surface area contributed by atoms with Gasteiger partial charge in [0.1, 0.15) is 0 Å². The summed E-state index contributed by atoms with van der Waals surface area (Å²) in [6.45, 7) is 4.94. The Hall–Kier alpha value is -2.29. The van der Waals surface area contributed by atoms with Gasteiger partial charge >= 0.3 is 6.03 Å². The highest BCUT2D eigenvalue weighted by Gasteiger charge is 2.29. The van der Waals surface area contributed by atoms with E-state index in [0.717, 1.165) is 25.1 Å². The molecule has 1 atom stereocenters. The Morgan fingerprint density at radius 2 is 1.59 bits per heavy atom. The zero-order chi connectivity index (χ0) is 15.5. The number of benzene rings is 2. The van der Waals surface area contributed by atoms with Crippen LogP contribution in [0.5, 0.6) is 0 Å². The monoisotopic (exact) mass is 294 g/mol. The first-order valence-corrected chi connectivity index (χ1v) is 7.84. The summed E-state index contributed by atoms with van der Waals surface area (Å²) in [4.78, 5) is 14.5. The maximum Gasteiger partial charge on any atom is 0.322 e. The van der Waals surface area contributed by atoms with Crippen molar-refractivity contribution in [3.8, 4) is 0 Å². The van der Waals surface area contributed by atoms with E-state index in [1.807, 2.05) is 36.1 Å². The standard InChI is InChI=1S/C19H22N2O/c1-14-5-9-16(10-6-14)18-4-3-13-21(18)19(22)20-17-11-7-15(2)8-12-17/h5-12,18H,3-4,13H2,1-2H3,(H,20,22)/t18-/m0/s1. The summed E-state index contributed by atoms with van der Waals surface area (Å²) in [5.74, 6) is 0. The molecule has 0 aliphatic carbocycles. The van der Waals surface area contributed by atoms with E-state index in [0.29, 0.717) is 0 Å². The van der Waals surface area contributed by atoms with E-state index < -0.39 is 0 Å². The van der Waals surface area contributed by atoms with Crippen LogP contribution >= 0.6 is 0 Å². The molecule has 1 heterocycles. The number of urea groups is 1. The van der Waals surface area contributed by atoms with Crippen molar-refractivity contribution in [2.45, 2.75) is 32.7 Å². The van der Waals surface area contributed by atoms with Gasteiger partial charge in [-0.1, -0.05) is 47.5 Å². The molecule has 0 unspecified atom stereocenters. The highest BCUT2D eigenvalue weighted by molar-refractivity contribution is 5.89. The second kappa shape index (κ2) is 6.22. The van der Waals surface area contributed by atoms with E-state index in [9.17, 15) is 4.79 Å². The lowest BCUT2D eigenvalue weighted by atomic mass is 10.0. The topological polar surface area (TPSA) is 32.3 Å². The lowest BCUT2D eigenvalue weighted by Gasteiger charge is -2.25. The molecule has 3 heteroatoms. The van der Waals surface area contributed by atoms with Crippen LogP contribution < -0.4 is 5.32 Å². The van der Waals surface area contributed by atoms with Crippen molar-refractivity contribution in [2.24, 2.45) is 0 Å². The maximum absolute atomic E-state index is 12.6. The fourth-order valence-corrected chi connectivity index (χ4v) is 2.98. The fraction of sp³-hybridized carbons (Fsp3) is 0.316. The highest BCUT2D eigenvalue weighted by Crippen LogP contribution is 2.32. The molecular formula is C19H22N2O. The first-order chi connectivity index (χ1) is 10.6. The second-order valence-electron chi connectivity index (χ2n) is 6.06. The Balaban J connectivity index is 1.73. The average molecular weight is 294 g/mol. The summed E-state index contributed by atoms with van der Waals surface area (Å²) in [6, 6.07) is 16.6. The molecule has 0 aromatic heterocycles. The Morgan fingerprint density at radius 1 is 1.00 bits per heavy atom. The predicted octanol–water partition coefficient (Wildman–Crippen LogP) is 4.67. The van der Waals surface area contributed by atoms with Crippen molar-refractivity contribution in [2.75, 3.05) is 11.9 Å². The molecular weight excluding hydrogens is 272 g/mol. The molecule has 0 spiro atoms. The zero-order valence-electron chi connectivity index (χ0n) is 13.2. The van der Waals surface area contributed by atoms with Gasteiger partial charge in [-0.15, -0.1) is 0 Å². The van der Waals surface area contributed by atoms with E-state index in [1.54, 1.807) is 0 Å². The largest absolute Gasteiger partial charge is 0.322 e. The number of likely N-dealkylation sites (tertiary alicyclic amines) is 1. The summed E-state index contributed by atoms with van der Waals surface area (Å²) >= 11 is 0. The summed E-state index contributed by atoms with van der Waals surface area (Å²) in [5, 5.41) is 3.01. The molecule has 2 aromatic carbocycles. The van der Waals surface area contributed by atoms with Crippen LogP contribution in [0.15, 0.2) is 48.5 Å². The van der Waals surface area contributed by atoms with Crippen LogP contribution in [0.1, 0.15) is 35.6 Å². The van der Waals surface area contributed by atoms with Crippen molar-refractivity contribution >= 4 is 11.7 Å². The average Bonchev–Trinajstić information content (AvgIpc) is 3.00. The highest BCUT2D eigenvalue weighted by atomic mass is 16.2. The van der Waals surface area contributed by atoms with Gasteiger partial charge in [0.25, 0.3) is 0 Å². The molecule has 1 N–H and O–H groups in total. The van der Waals surface area contributed by atoms with Crippen molar-refractivity contribution in [3.05, 3.63) is 65.2 Å². The number of nitrogens with zero attached hydrogens (tertiary/aromatic N) is 1. The van der Waals surface area contributed by atoms with E-state index in [4.69, 9.17) is 0 Å². The van der Waals surface area contributed by atoms with E-state index in [2.05, 4.69) is 36.5 Å². The Labute approximate surface area is 132 Å². The minimum Gasteiger partial charge on any atom is -0.317 e. The van der Waals surface area contributed by atoms with E-state index in [-0.39, 0.29) is 12.1 Å². The number of hydrogen-bond acceptors (Lipinski definition) is 1. The minimum absolute atomic E-state index is 0.00747. The van der Waals surface area contributed by atoms with Gasteiger partial charge in [0.2, 0.25) is 0 Å². The number of anilines is 1. The molecule has 1 fully saturated rings. The molecule has 0 saturated carbocycles. The van der Waals surface area contributed by atoms with Crippen molar-refractivity contribution in [3.63, 3.8) is 0 Å². The normalized spacial score (nSPS) is 17.5. The van der Waals surface area contributed by atoms with Crippen LogP contribution in [0, 0.1) is 13.8 Å². The Bertz CT molecular complexity index is 646. The van der Waals surface area contributed by atoms with Crippen LogP contribution in [0.2, 0.25) is 0 Å². The van der Waals surface area contributed by atoms with Gasteiger partial charge in [-0.3, -0.25) is 0 Å². The van der Waals surface area contributed by atoms with Gasteiger partial charge in [-0.25, -0.2) is 4.79 Å². The fourth-order valence-electron chi connectivity index (χ4n) is 2.98. The summed E-state index contributed by atoms with van der Waals surface area (Å²) < 4.78 is 0. The molecule has 22 heavy (non-hydrogen) atoms. The predicted molar refractivity (Wildman–Crippen MR) is 90.1 cm³/mol. The summed E-state index contributed by atoms with van der Waals surface area (Å²) in [5.41, 5.74) is 4.52. The molecule has 1 aliphatic heterocycles. The van der Waals surface area contributed by atoms with Crippen LogP contribution in [-0.4, -0.2) is 17.5 Å². The quantitative estimate of drug-likeness (QED) is 0.857. The molecule has 2 amide bonds. The van der Waals surface area contributed by atoms with Crippen LogP contribution in [0.3, 0.4) is 0 Å². The van der Waals surface area contributed by atoms with Gasteiger partial charge in [0.05, 0.1) is 6.04 Å². The van der Waals surface area contributed by atoms with E-state index >= 15 is 0 Å². The molecule has 1 saturated heterocycles. The molecule has 2 aromatic rings. The van der Waals surface area contributed by atoms with Gasteiger partial charge in [0.15, 0.2) is 0 Å². The van der Waals surface area contributed by atoms with Crippen LogP contribution in [-0.2, 0) is 0 Å². The Kier molecular flexibility index (Phi) is 4.14. The SMILES string of the molecule is Cc1ccc(NC(=O)N2CCC[C@H]2c2ccc(C)cc2)cc1. The van der Waals surface area contributed by atoms with Gasteiger partial charge in [-0.05, 0) is 44.4 Å². The Morgan fingerprint density at radius 3 is 2.23 bits per heavy atom. The number of rotatable bonds is 2. The third-order valence-electron chi connectivity index (χ3n) is 4.28. The number of carbonyl (C=O) groups is 1. The van der Waals surface area contributed by atoms with Crippen molar-refractivity contribution in [1.29, 1.82) is 0 Å². The summed E-state index contributed by atoms with van der Waals surface area (Å²) in [7, 11) is 0. The first-order valence-electron chi connectivity index (χ1n) is 7.84. The number of aryl methyl sites for hydroxylation is 2. The minimum atomic E-state index is -0.00747. The molecule has 0 bridgehead atoms. The maximum atomic E-state index is 12.6. The number of hydrogen-bond donors (Lipinski definition) is 1. The molecule has 0 radical (unpaired) electrons. The lowest BCUT2D eigenvalue weighted by molar-refractivity contribution is 0.207. The number of nitrogens with one attached hydrogen (secondary N) is 1. The molecule has 114 valence electrons. The molecule has 3 rings (SSSR count). The third-order valence-corrected chi connectivity index (χ3v) is 4.28. The lowest BCUT2D eigenvalue weighted by Crippen LogP contribution is -2.34. The zero-order valence-corrected chi connectivity index (χ0v) is 13.2. The van der Waals surface area contributed by atoms with Crippen LogP contribution in [0.4, 0.5) is 10.5 Å². The van der Waals surface area contributed by atoms with Crippen molar-refractivity contribution < 1.29 is 4.79 Å². The number of amides is 2. The first kappa shape index (κ1) is 14.6. The number of carbonyl (C=O) groups excluding carboxylic acids is 1. The van der Waals surface area contributed by atoms with Gasteiger partial charge in [-0.2, -0.15) is 0 Å². The smallest absolute Gasteiger partial charge is 0.317 e. The van der Waals surface area contributed by atoms with Gasteiger partial charge in [0, 0.05) is 12.2 Å². The van der Waals surface area contributed by atoms with E-state index in [1.165, 1.54) is 16.7 Å². The van der Waals surface area contributed by atoms with Crippen molar-refractivity contribution in [1.82, 2.24) is 4.90 Å². The second-order valence-corrected chi connectivity index (χ2v) is 6.06. The van der Waals surface area contributed by atoms with Gasteiger partial charge < -0.3 is 10.2 Å². The van der Waals surface area contributed by atoms with Crippen LogP contribution in [0.25, 0.3) is 0 Å². The molecule has 3 nitrogen and oxygen atoms in total. The summed E-state index contributed by atoms with van der Waals surface area (Å²) in [6.07, 6.45) is 2.09.